The second-order valence-corrected chi connectivity index (χ2v) is 2.94. The highest BCUT2D eigenvalue weighted by Gasteiger charge is 2.16. The average molecular weight is 209 g/mol. The molecule has 2 N–H and O–H groups in total. The zero-order chi connectivity index (χ0) is 11.4. The molecule has 1 aromatic rings. The summed E-state index contributed by atoms with van der Waals surface area (Å²) in [5, 5.41) is 18.8. The molecule has 0 saturated heterocycles. The molecule has 0 spiro atoms. The van der Waals surface area contributed by atoms with Crippen molar-refractivity contribution in [1.82, 2.24) is 0 Å². The number of nitro benzene ring substituents is 1. The summed E-state index contributed by atoms with van der Waals surface area (Å²) in [6, 6.07) is 4.58. The van der Waals surface area contributed by atoms with Crippen LogP contribution in [0.25, 0.3) is 0 Å². The summed E-state index contributed by atoms with van der Waals surface area (Å²) < 4.78 is 12.9. The Labute approximate surface area is 85.1 Å². The Kier molecular flexibility index (Phi) is 3.31. The van der Waals surface area contributed by atoms with Gasteiger partial charge in [-0.25, -0.2) is 0 Å². The standard InChI is InChI=1S/C9H8FN3O2/c10-7-2-1-6(8(12)3-4-11)5-9(7)13(14)15/h1-2,5,8H,3,12H2/t8-/m0/s1. The maximum absolute atomic E-state index is 12.9. The van der Waals surface area contributed by atoms with E-state index in [1.165, 1.54) is 6.07 Å². The van der Waals surface area contributed by atoms with E-state index in [1.54, 1.807) is 0 Å². The molecule has 0 aromatic heterocycles. The normalized spacial score (nSPS) is 11.8. The lowest BCUT2D eigenvalue weighted by Gasteiger charge is -2.07. The van der Waals surface area contributed by atoms with Gasteiger partial charge in [0.2, 0.25) is 5.82 Å². The zero-order valence-corrected chi connectivity index (χ0v) is 7.68. The fourth-order valence-electron chi connectivity index (χ4n) is 1.12. The molecule has 5 nitrogen and oxygen atoms in total. The molecule has 0 unspecified atom stereocenters. The molecule has 0 bridgehead atoms. The van der Waals surface area contributed by atoms with Crippen LogP contribution >= 0.6 is 0 Å². The molecule has 0 fully saturated rings. The second-order valence-electron chi connectivity index (χ2n) is 2.94. The van der Waals surface area contributed by atoms with Crippen molar-refractivity contribution in [2.24, 2.45) is 5.73 Å². The van der Waals surface area contributed by atoms with Gasteiger partial charge in [0, 0.05) is 12.1 Å². The van der Waals surface area contributed by atoms with Crippen LogP contribution in [0.4, 0.5) is 10.1 Å². The number of nitrogens with two attached hydrogens (primary N) is 1. The van der Waals surface area contributed by atoms with Crippen LogP contribution in [-0.4, -0.2) is 4.92 Å². The zero-order valence-electron chi connectivity index (χ0n) is 7.68. The number of nitrogens with zero attached hydrogens (tertiary/aromatic N) is 2. The lowest BCUT2D eigenvalue weighted by atomic mass is 10.0. The predicted octanol–water partition coefficient (Wildman–Crippen LogP) is 1.65. The molecular formula is C9H8FN3O2. The van der Waals surface area contributed by atoms with Crippen molar-refractivity contribution in [2.45, 2.75) is 12.5 Å². The summed E-state index contributed by atoms with van der Waals surface area (Å²) in [6.45, 7) is 0. The Morgan fingerprint density at radius 1 is 1.67 bits per heavy atom. The number of benzene rings is 1. The van der Waals surface area contributed by atoms with Crippen LogP contribution in [0.3, 0.4) is 0 Å². The lowest BCUT2D eigenvalue weighted by Crippen LogP contribution is -2.09. The number of halogens is 1. The third-order valence-corrected chi connectivity index (χ3v) is 1.91. The fraction of sp³-hybridized carbons (Fsp3) is 0.222. The van der Waals surface area contributed by atoms with Crippen LogP contribution in [0.5, 0.6) is 0 Å². The van der Waals surface area contributed by atoms with E-state index in [0.29, 0.717) is 5.56 Å². The Balaban J connectivity index is 3.08. The van der Waals surface area contributed by atoms with Crippen LogP contribution in [0.1, 0.15) is 18.0 Å². The number of hydrogen-bond acceptors (Lipinski definition) is 4. The van der Waals surface area contributed by atoms with Gasteiger partial charge < -0.3 is 5.73 Å². The minimum Gasteiger partial charge on any atom is -0.323 e. The van der Waals surface area contributed by atoms with E-state index in [-0.39, 0.29) is 6.42 Å². The first-order valence-corrected chi connectivity index (χ1v) is 4.12. The maximum atomic E-state index is 12.9. The van der Waals surface area contributed by atoms with E-state index in [1.807, 2.05) is 6.07 Å². The largest absolute Gasteiger partial charge is 0.323 e. The number of nitro groups is 1. The van der Waals surface area contributed by atoms with Gasteiger partial charge >= 0.3 is 5.69 Å². The Morgan fingerprint density at radius 3 is 2.87 bits per heavy atom. The van der Waals surface area contributed by atoms with E-state index in [0.717, 1.165) is 12.1 Å². The van der Waals surface area contributed by atoms with Gasteiger partial charge in [-0.05, 0) is 11.6 Å². The molecule has 0 heterocycles. The van der Waals surface area contributed by atoms with Crippen molar-refractivity contribution in [3.05, 3.63) is 39.7 Å². The Hall–Kier alpha value is -2.00. The molecule has 78 valence electrons. The van der Waals surface area contributed by atoms with E-state index < -0.39 is 22.5 Å². The summed E-state index contributed by atoms with van der Waals surface area (Å²) >= 11 is 0. The van der Waals surface area contributed by atoms with Gasteiger partial charge in [-0.2, -0.15) is 9.65 Å². The van der Waals surface area contributed by atoms with Crippen LogP contribution < -0.4 is 5.73 Å². The third-order valence-electron chi connectivity index (χ3n) is 1.91. The predicted molar refractivity (Wildman–Crippen MR) is 50.2 cm³/mol. The molecular weight excluding hydrogens is 201 g/mol. The van der Waals surface area contributed by atoms with Gasteiger partial charge in [-0.3, -0.25) is 10.1 Å². The van der Waals surface area contributed by atoms with Crippen molar-refractivity contribution in [3.63, 3.8) is 0 Å². The van der Waals surface area contributed by atoms with Crippen molar-refractivity contribution in [3.8, 4) is 6.07 Å². The number of hydrogen-bond donors (Lipinski definition) is 1. The molecule has 0 aliphatic carbocycles. The van der Waals surface area contributed by atoms with Gasteiger partial charge in [0.15, 0.2) is 0 Å². The molecule has 0 aliphatic rings. The van der Waals surface area contributed by atoms with Crippen molar-refractivity contribution < 1.29 is 9.31 Å². The minimum absolute atomic E-state index is 0.0305. The van der Waals surface area contributed by atoms with E-state index >= 15 is 0 Å². The quantitative estimate of drug-likeness (QED) is 0.604. The smallest absolute Gasteiger partial charge is 0.305 e. The monoisotopic (exact) mass is 209 g/mol. The number of rotatable bonds is 3. The molecule has 0 amide bonds. The van der Waals surface area contributed by atoms with Gasteiger partial charge in [0.1, 0.15) is 0 Å². The molecule has 0 aliphatic heterocycles. The van der Waals surface area contributed by atoms with Crippen LogP contribution in [-0.2, 0) is 0 Å². The molecule has 0 radical (unpaired) electrons. The summed E-state index contributed by atoms with van der Waals surface area (Å²) in [5.74, 6) is -0.909. The Morgan fingerprint density at radius 2 is 2.33 bits per heavy atom. The fourth-order valence-corrected chi connectivity index (χ4v) is 1.12. The van der Waals surface area contributed by atoms with Crippen molar-refractivity contribution in [2.75, 3.05) is 0 Å². The topological polar surface area (TPSA) is 93.0 Å². The van der Waals surface area contributed by atoms with Crippen LogP contribution in [0.2, 0.25) is 0 Å². The summed E-state index contributed by atoms with van der Waals surface area (Å²) in [6.07, 6.45) is 0.0305. The molecule has 1 aromatic carbocycles. The molecule has 1 atom stereocenters. The van der Waals surface area contributed by atoms with E-state index in [2.05, 4.69) is 0 Å². The summed E-state index contributed by atoms with van der Waals surface area (Å²) in [5.41, 5.74) is 5.31. The molecule has 1 rings (SSSR count). The van der Waals surface area contributed by atoms with Gasteiger partial charge in [0.25, 0.3) is 0 Å². The highest BCUT2D eigenvalue weighted by Crippen LogP contribution is 2.22. The van der Waals surface area contributed by atoms with Gasteiger partial charge in [-0.15, -0.1) is 0 Å². The van der Waals surface area contributed by atoms with Crippen molar-refractivity contribution in [1.29, 1.82) is 5.26 Å². The minimum atomic E-state index is -0.909. The lowest BCUT2D eigenvalue weighted by molar-refractivity contribution is -0.387. The van der Waals surface area contributed by atoms with E-state index in [9.17, 15) is 14.5 Å². The maximum Gasteiger partial charge on any atom is 0.305 e. The third kappa shape index (κ3) is 2.48. The van der Waals surface area contributed by atoms with Gasteiger partial charge in [0.05, 0.1) is 17.4 Å². The van der Waals surface area contributed by atoms with Gasteiger partial charge in [-0.1, -0.05) is 6.07 Å². The SMILES string of the molecule is N#CC[C@H](N)c1ccc(F)c([N+](=O)[O-])c1. The first-order chi connectivity index (χ1) is 7.06. The molecule has 6 heteroatoms. The summed E-state index contributed by atoms with van der Waals surface area (Å²) in [4.78, 5) is 9.59. The second kappa shape index (κ2) is 4.48. The first kappa shape index (κ1) is 11.1. The Bertz CT molecular complexity index is 428. The summed E-state index contributed by atoms with van der Waals surface area (Å²) in [7, 11) is 0. The van der Waals surface area contributed by atoms with Crippen LogP contribution in [0, 0.1) is 27.3 Å². The van der Waals surface area contributed by atoms with Crippen molar-refractivity contribution >= 4 is 5.69 Å². The highest BCUT2D eigenvalue weighted by molar-refractivity contribution is 5.37. The number of nitriles is 1. The van der Waals surface area contributed by atoms with E-state index in [4.69, 9.17) is 11.0 Å². The average Bonchev–Trinajstić information content (AvgIpc) is 2.18. The molecule has 15 heavy (non-hydrogen) atoms. The highest BCUT2D eigenvalue weighted by atomic mass is 19.1. The first-order valence-electron chi connectivity index (χ1n) is 4.12. The molecule has 0 saturated carbocycles. The van der Waals surface area contributed by atoms with Crippen LogP contribution in [0.15, 0.2) is 18.2 Å².